The van der Waals surface area contributed by atoms with Crippen molar-refractivity contribution in [1.82, 2.24) is 5.32 Å². The molecule has 9 heteroatoms. The number of aromatic carboxylic acids is 1. The minimum Gasteiger partial charge on any atom is -0.478 e. The lowest BCUT2D eigenvalue weighted by Gasteiger charge is -2.33. The monoisotopic (exact) mass is 400 g/mol. The number of hydrogen-bond donors (Lipinski definition) is 3. The van der Waals surface area contributed by atoms with Crippen LogP contribution < -0.4 is 5.32 Å². The van der Waals surface area contributed by atoms with Crippen LogP contribution in [0.5, 0.6) is 0 Å². The second kappa shape index (κ2) is 10.8. The number of carbonyl (C=O) groups is 1. The minimum atomic E-state index is -2.55. The highest BCUT2D eigenvalue weighted by atomic mass is 31.1. The average molecular weight is 400 g/mol. The van der Waals surface area contributed by atoms with Crippen LogP contribution in [0.4, 0.5) is 0 Å². The summed E-state index contributed by atoms with van der Waals surface area (Å²) in [6.45, 7) is 5.06. The molecule has 1 aliphatic rings. The molecule has 0 aliphatic carbocycles. The number of ether oxygens (including phenoxy) is 3. The highest BCUT2D eigenvalue weighted by molar-refractivity contribution is 7.39. The second-order valence-corrected chi connectivity index (χ2v) is 7.46. The fourth-order valence-corrected chi connectivity index (χ4v) is 3.96. The van der Waals surface area contributed by atoms with E-state index in [1.807, 2.05) is 6.07 Å². The van der Waals surface area contributed by atoms with Crippen molar-refractivity contribution in [2.24, 2.45) is 0 Å². The summed E-state index contributed by atoms with van der Waals surface area (Å²) in [4.78, 5) is 20.8. The van der Waals surface area contributed by atoms with E-state index in [1.54, 1.807) is 32.0 Å². The molecule has 3 N–H and O–H groups in total. The van der Waals surface area contributed by atoms with Gasteiger partial charge >= 0.3 is 14.0 Å². The Morgan fingerprint density at radius 3 is 2.59 bits per heavy atom. The van der Waals surface area contributed by atoms with E-state index >= 15 is 0 Å². The maximum atomic E-state index is 11.9. The van der Waals surface area contributed by atoms with Crippen LogP contribution in [0.25, 0.3) is 0 Å². The zero-order chi connectivity index (χ0) is 19.8. The van der Waals surface area contributed by atoms with Gasteiger partial charge in [0.2, 0.25) is 6.29 Å². The molecule has 0 radical (unpaired) electrons. The molecule has 2 rings (SSSR count). The van der Waals surface area contributed by atoms with Gasteiger partial charge in [-0.3, -0.25) is 0 Å². The van der Waals surface area contributed by atoms with Crippen LogP contribution in [0.3, 0.4) is 0 Å². The zero-order valence-corrected chi connectivity index (χ0v) is 16.4. The largest absolute Gasteiger partial charge is 0.517 e. The number of morpholine rings is 1. The summed E-state index contributed by atoms with van der Waals surface area (Å²) in [5.74, 6) is -0.961. The van der Waals surface area contributed by atoms with Crippen LogP contribution in [0, 0.1) is 0 Å². The van der Waals surface area contributed by atoms with Crippen molar-refractivity contribution in [3.63, 3.8) is 0 Å². The molecule has 0 aromatic heterocycles. The molecule has 2 unspecified atom stereocenters. The predicted molar refractivity (Wildman–Crippen MR) is 99.3 cm³/mol. The van der Waals surface area contributed by atoms with Gasteiger partial charge in [-0.2, -0.15) is 4.89 Å². The first-order valence-corrected chi connectivity index (χ1v) is 10.3. The summed E-state index contributed by atoms with van der Waals surface area (Å²) in [6, 6.07) is 6.76. The molecule has 0 amide bonds. The summed E-state index contributed by atoms with van der Waals surface area (Å²) < 4.78 is 28.7. The van der Waals surface area contributed by atoms with Gasteiger partial charge in [0.05, 0.1) is 12.2 Å². The highest BCUT2D eigenvalue weighted by Crippen LogP contribution is 2.33. The Kier molecular flexibility index (Phi) is 8.76. The van der Waals surface area contributed by atoms with Crippen molar-refractivity contribution in [2.45, 2.75) is 44.4 Å². The average Bonchev–Trinajstić information content (AvgIpc) is 2.63. The van der Waals surface area contributed by atoms with Gasteiger partial charge in [0.15, 0.2) is 0 Å². The van der Waals surface area contributed by atoms with Crippen molar-refractivity contribution in [1.29, 1.82) is 0 Å². The molecule has 8 nitrogen and oxygen atoms in total. The van der Waals surface area contributed by atoms with Crippen molar-refractivity contribution in [3.8, 4) is 0 Å². The van der Waals surface area contributed by atoms with Gasteiger partial charge in [-0.1, -0.05) is 12.1 Å². The second-order valence-electron chi connectivity index (χ2n) is 6.26. The molecule has 0 saturated carbocycles. The smallest absolute Gasteiger partial charge is 0.478 e. The molecule has 150 valence electrons. The predicted octanol–water partition coefficient (Wildman–Crippen LogP) is 1.79. The van der Waals surface area contributed by atoms with Gasteiger partial charge in [0.1, 0.15) is 6.10 Å². The number of hydrogen-bond acceptors (Lipinski definition) is 6. The standard InChI is InChI=1S/C18H26NO7P/c1-3-24-18(25-4-2)16(27(22)23)15-10-19-14(11-26-15)9-12-6-5-7-13(8-12)17(20)21/h5-8,14-16,18-19H,3-4,9-11H2,1-2H3,(H-,20,21,22,23)/p+1/t14-,15+,16?/m1/s1. The third-order valence-electron chi connectivity index (χ3n) is 4.35. The molecule has 1 saturated heterocycles. The van der Waals surface area contributed by atoms with Gasteiger partial charge < -0.3 is 24.6 Å². The van der Waals surface area contributed by atoms with Crippen LogP contribution in [0.2, 0.25) is 0 Å². The lowest BCUT2D eigenvalue weighted by Crippen LogP contribution is -2.53. The number of carboxylic acid groups (broad SMARTS) is 1. The van der Waals surface area contributed by atoms with E-state index in [4.69, 9.17) is 19.3 Å². The highest BCUT2D eigenvalue weighted by Gasteiger charge is 2.48. The first kappa shape index (κ1) is 21.9. The van der Waals surface area contributed by atoms with Crippen molar-refractivity contribution in [3.05, 3.63) is 35.4 Å². The third kappa shape index (κ3) is 6.31. The molecule has 1 aromatic rings. The Morgan fingerprint density at radius 1 is 1.37 bits per heavy atom. The first-order valence-electron chi connectivity index (χ1n) is 9.01. The molecule has 27 heavy (non-hydrogen) atoms. The zero-order valence-electron chi connectivity index (χ0n) is 15.5. The third-order valence-corrected chi connectivity index (χ3v) is 5.44. The number of rotatable bonds is 10. The summed E-state index contributed by atoms with van der Waals surface area (Å²) in [5, 5.41) is 12.4. The van der Waals surface area contributed by atoms with E-state index in [0.29, 0.717) is 32.8 Å². The van der Waals surface area contributed by atoms with Crippen LogP contribution in [-0.2, 0) is 25.2 Å². The summed E-state index contributed by atoms with van der Waals surface area (Å²) in [5.41, 5.74) is 0.347. The van der Waals surface area contributed by atoms with Gasteiger partial charge in [0.25, 0.3) is 5.66 Å². The summed E-state index contributed by atoms with van der Waals surface area (Å²) >= 11 is 0. The summed E-state index contributed by atoms with van der Waals surface area (Å²) in [7, 11) is -2.55. The quantitative estimate of drug-likeness (QED) is 0.402. The molecule has 1 aromatic carbocycles. The molecule has 1 aliphatic heterocycles. The number of benzene rings is 1. The maximum Gasteiger partial charge on any atom is 0.517 e. The van der Waals surface area contributed by atoms with Crippen LogP contribution in [-0.4, -0.2) is 66.4 Å². The Morgan fingerprint density at radius 2 is 2.07 bits per heavy atom. The Balaban J connectivity index is 1.97. The van der Waals surface area contributed by atoms with Gasteiger partial charge in [-0.15, -0.1) is 0 Å². The Labute approximate surface area is 159 Å². The molecule has 1 fully saturated rings. The van der Waals surface area contributed by atoms with Crippen LogP contribution in [0.15, 0.2) is 24.3 Å². The van der Waals surface area contributed by atoms with Gasteiger partial charge in [-0.25, -0.2) is 4.79 Å². The van der Waals surface area contributed by atoms with Crippen molar-refractivity contribution >= 4 is 14.0 Å². The lowest BCUT2D eigenvalue weighted by molar-refractivity contribution is -0.158. The van der Waals surface area contributed by atoms with E-state index < -0.39 is 32.1 Å². The van der Waals surface area contributed by atoms with E-state index in [9.17, 15) is 14.3 Å². The van der Waals surface area contributed by atoms with Crippen LogP contribution >= 0.6 is 8.03 Å². The minimum absolute atomic E-state index is 0.0137. The topological polar surface area (TPSA) is 114 Å². The van der Waals surface area contributed by atoms with E-state index in [-0.39, 0.29) is 11.6 Å². The number of nitrogens with one attached hydrogen (secondary N) is 1. The van der Waals surface area contributed by atoms with Gasteiger partial charge in [-0.05, 0) is 42.5 Å². The van der Waals surface area contributed by atoms with Crippen molar-refractivity contribution < 1.29 is 33.6 Å². The van der Waals surface area contributed by atoms with E-state index in [0.717, 1.165) is 5.56 Å². The van der Waals surface area contributed by atoms with Crippen molar-refractivity contribution in [2.75, 3.05) is 26.4 Å². The Bertz CT molecular complexity index is 628. The van der Waals surface area contributed by atoms with Gasteiger partial charge in [0, 0.05) is 25.8 Å². The fourth-order valence-electron chi connectivity index (χ4n) is 3.10. The molecule has 4 atom stereocenters. The molecular formula is C18H27NO7P+. The molecule has 0 spiro atoms. The fraction of sp³-hybridized carbons (Fsp3) is 0.611. The molecular weight excluding hydrogens is 373 g/mol. The Hall–Kier alpha value is -1.41. The summed E-state index contributed by atoms with van der Waals surface area (Å²) in [6.07, 6.45) is -0.711. The molecule has 0 bridgehead atoms. The molecule has 1 heterocycles. The first-order chi connectivity index (χ1) is 13.0. The van der Waals surface area contributed by atoms with E-state index in [1.165, 1.54) is 0 Å². The van der Waals surface area contributed by atoms with Crippen LogP contribution in [0.1, 0.15) is 29.8 Å². The normalized spacial score (nSPS) is 21.9. The van der Waals surface area contributed by atoms with E-state index in [2.05, 4.69) is 5.32 Å². The number of carboxylic acids is 1. The lowest BCUT2D eigenvalue weighted by atomic mass is 10.0. The maximum absolute atomic E-state index is 11.9. The SMILES string of the molecule is CCOC(OCC)C([C@@H]1CN[C@H](Cc2cccc(C(=O)O)c2)CO1)[P+](=O)O.